The number of furan rings is 1. The second-order valence-corrected chi connectivity index (χ2v) is 3.62. The van der Waals surface area contributed by atoms with Gasteiger partial charge in [0.15, 0.2) is 0 Å². The minimum absolute atomic E-state index is 0.562. The molecule has 0 radical (unpaired) electrons. The van der Waals surface area contributed by atoms with Crippen molar-refractivity contribution in [3.8, 4) is 0 Å². The van der Waals surface area contributed by atoms with Gasteiger partial charge < -0.3 is 9.73 Å². The summed E-state index contributed by atoms with van der Waals surface area (Å²) < 4.78 is 30.7. The lowest BCUT2D eigenvalue weighted by Gasteiger charge is -2.33. The first-order chi connectivity index (χ1) is 7.29. The van der Waals surface area contributed by atoms with Crippen LogP contribution in [0.2, 0.25) is 0 Å². The minimum atomic E-state index is -2.37. The highest BCUT2D eigenvalue weighted by Gasteiger charge is 2.30. The number of nitrogens with zero attached hydrogens (tertiary/aromatic N) is 1. The second-order valence-electron chi connectivity index (χ2n) is 3.62. The lowest BCUT2D eigenvalue weighted by Crippen LogP contribution is -2.46. The average Bonchev–Trinajstić information content (AvgIpc) is 2.72. The van der Waals surface area contributed by atoms with Crippen molar-refractivity contribution < 1.29 is 13.2 Å². The zero-order valence-corrected chi connectivity index (χ0v) is 8.33. The summed E-state index contributed by atoms with van der Waals surface area (Å²) in [4.78, 5) is 1.80. The van der Waals surface area contributed by atoms with Crippen molar-refractivity contribution >= 4 is 0 Å². The largest absolute Gasteiger partial charge is 0.472 e. The van der Waals surface area contributed by atoms with Crippen LogP contribution < -0.4 is 5.32 Å². The Balaban J connectivity index is 2.12. The van der Waals surface area contributed by atoms with Gasteiger partial charge in [0, 0.05) is 31.7 Å². The lowest BCUT2D eigenvalue weighted by atomic mass is 10.1. The van der Waals surface area contributed by atoms with E-state index in [9.17, 15) is 8.78 Å². The van der Waals surface area contributed by atoms with Crippen LogP contribution in [0.5, 0.6) is 0 Å². The molecule has 0 spiro atoms. The van der Waals surface area contributed by atoms with Crippen LogP contribution in [0.3, 0.4) is 0 Å². The van der Waals surface area contributed by atoms with Gasteiger partial charge >= 0.3 is 0 Å². The molecule has 1 aliphatic heterocycles. The molecule has 1 saturated heterocycles. The molecule has 5 heteroatoms. The SMILES string of the molecule is FC(F)[C@@H](c1ccoc1)N1CCNCC1. The fourth-order valence-corrected chi connectivity index (χ4v) is 1.92. The van der Waals surface area contributed by atoms with Crippen LogP contribution in [0.1, 0.15) is 11.6 Å². The fraction of sp³-hybridized carbons (Fsp3) is 0.600. The third-order valence-corrected chi connectivity index (χ3v) is 2.67. The number of hydrogen-bond acceptors (Lipinski definition) is 3. The molecule has 15 heavy (non-hydrogen) atoms. The first-order valence-corrected chi connectivity index (χ1v) is 5.04. The Labute approximate surface area is 87.1 Å². The van der Waals surface area contributed by atoms with Crippen molar-refractivity contribution in [1.29, 1.82) is 0 Å². The van der Waals surface area contributed by atoms with E-state index in [1.807, 2.05) is 0 Å². The Bertz CT molecular complexity index is 284. The van der Waals surface area contributed by atoms with Gasteiger partial charge in [-0.15, -0.1) is 0 Å². The first-order valence-electron chi connectivity index (χ1n) is 5.04. The number of alkyl halides is 2. The van der Waals surface area contributed by atoms with Gasteiger partial charge in [-0.05, 0) is 6.07 Å². The van der Waals surface area contributed by atoms with Gasteiger partial charge in [0.2, 0.25) is 0 Å². The molecule has 1 aromatic heterocycles. The van der Waals surface area contributed by atoms with E-state index < -0.39 is 12.5 Å². The van der Waals surface area contributed by atoms with E-state index in [4.69, 9.17) is 4.42 Å². The Morgan fingerprint density at radius 3 is 2.60 bits per heavy atom. The van der Waals surface area contributed by atoms with Crippen molar-refractivity contribution in [3.63, 3.8) is 0 Å². The molecule has 3 nitrogen and oxygen atoms in total. The van der Waals surface area contributed by atoms with E-state index in [0.29, 0.717) is 18.7 Å². The Morgan fingerprint density at radius 2 is 2.07 bits per heavy atom. The maximum Gasteiger partial charge on any atom is 0.258 e. The van der Waals surface area contributed by atoms with Crippen LogP contribution in [0.4, 0.5) is 8.78 Å². The average molecular weight is 216 g/mol. The highest BCUT2D eigenvalue weighted by molar-refractivity contribution is 5.13. The van der Waals surface area contributed by atoms with Crippen LogP contribution in [0.25, 0.3) is 0 Å². The minimum Gasteiger partial charge on any atom is -0.472 e. The predicted octanol–water partition coefficient (Wildman–Crippen LogP) is 1.49. The molecular weight excluding hydrogens is 202 g/mol. The molecule has 0 bridgehead atoms. The van der Waals surface area contributed by atoms with Crippen LogP contribution in [0.15, 0.2) is 23.0 Å². The van der Waals surface area contributed by atoms with E-state index in [1.165, 1.54) is 12.5 Å². The van der Waals surface area contributed by atoms with Gasteiger partial charge in [-0.3, -0.25) is 4.90 Å². The maximum absolute atomic E-state index is 12.9. The zero-order valence-electron chi connectivity index (χ0n) is 8.33. The van der Waals surface area contributed by atoms with E-state index in [0.717, 1.165) is 13.1 Å². The third kappa shape index (κ3) is 2.35. The summed E-state index contributed by atoms with van der Waals surface area (Å²) in [5.74, 6) is 0. The molecule has 0 aliphatic carbocycles. The molecule has 1 fully saturated rings. The van der Waals surface area contributed by atoms with Crippen LogP contribution in [-0.2, 0) is 0 Å². The Morgan fingerprint density at radius 1 is 1.33 bits per heavy atom. The number of nitrogens with one attached hydrogen (secondary N) is 1. The summed E-state index contributed by atoms with van der Waals surface area (Å²) in [5, 5.41) is 3.14. The molecule has 2 rings (SSSR count). The van der Waals surface area contributed by atoms with Crippen LogP contribution in [-0.4, -0.2) is 37.5 Å². The number of rotatable bonds is 3. The fourth-order valence-electron chi connectivity index (χ4n) is 1.92. The zero-order chi connectivity index (χ0) is 10.7. The standard InChI is InChI=1S/C10H14F2N2O/c11-10(12)9(8-1-6-15-7-8)14-4-2-13-3-5-14/h1,6-7,9-10,13H,2-5H2/t9-/m1/s1. The molecule has 2 heterocycles. The lowest BCUT2D eigenvalue weighted by molar-refractivity contribution is 0.0179. The van der Waals surface area contributed by atoms with Crippen LogP contribution in [0, 0.1) is 0 Å². The summed E-state index contributed by atoms with van der Waals surface area (Å²) in [6.07, 6.45) is 0.465. The molecule has 84 valence electrons. The molecular formula is C10H14F2N2O. The summed E-state index contributed by atoms with van der Waals surface area (Å²) >= 11 is 0. The van der Waals surface area contributed by atoms with Gasteiger partial charge in [0.05, 0.1) is 18.6 Å². The smallest absolute Gasteiger partial charge is 0.258 e. The molecule has 1 aromatic rings. The second kappa shape index (κ2) is 4.72. The van der Waals surface area contributed by atoms with E-state index >= 15 is 0 Å². The van der Waals surface area contributed by atoms with Gasteiger partial charge in [-0.25, -0.2) is 8.78 Å². The van der Waals surface area contributed by atoms with Crippen molar-refractivity contribution in [3.05, 3.63) is 24.2 Å². The third-order valence-electron chi connectivity index (χ3n) is 2.67. The van der Waals surface area contributed by atoms with Crippen molar-refractivity contribution in [2.45, 2.75) is 12.5 Å². The number of halogens is 2. The van der Waals surface area contributed by atoms with Gasteiger partial charge in [0.25, 0.3) is 6.43 Å². The van der Waals surface area contributed by atoms with Crippen molar-refractivity contribution in [1.82, 2.24) is 10.2 Å². The Kier molecular flexibility index (Phi) is 3.33. The summed E-state index contributed by atoms with van der Waals surface area (Å²) in [6, 6.07) is 0.782. The molecule has 1 atom stereocenters. The topological polar surface area (TPSA) is 28.4 Å². The summed E-state index contributed by atoms with van der Waals surface area (Å²) in [5.41, 5.74) is 0.562. The molecule has 1 N–H and O–H groups in total. The predicted molar refractivity (Wildman–Crippen MR) is 51.9 cm³/mol. The first kappa shape index (κ1) is 10.6. The van der Waals surface area contributed by atoms with E-state index in [-0.39, 0.29) is 0 Å². The van der Waals surface area contributed by atoms with Crippen LogP contribution >= 0.6 is 0 Å². The molecule has 0 saturated carbocycles. The number of piperazine rings is 1. The molecule has 0 unspecified atom stereocenters. The number of hydrogen-bond donors (Lipinski definition) is 1. The molecule has 0 amide bonds. The highest BCUT2D eigenvalue weighted by Crippen LogP contribution is 2.27. The molecule has 0 aromatic carbocycles. The summed E-state index contributed by atoms with van der Waals surface area (Å²) in [6.45, 7) is 2.84. The van der Waals surface area contributed by atoms with Gasteiger partial charge in [-0.1, -0.05) is 0 Å². The highest BCUT2D eigenvalue weighted by atomic mass is 19.3. The van der Waals surface area contributed by atoms with E-state index in [2.05, 4.69) is 5.32 Å². The summed E-state index contributed by atoms with van der Waals surface area (Å²) in [7, 11) is 0. The van der Waals surface area contributed by atoms with Crippen molar-refractivity contribution in [2.24, 2.45) is 0 Å². The molecule has 1 aliphatic rings. The Hall–Kier alpha value is -0.940. The monoisotopic (exact) mass is 216 g/mol. The van der Waals surface area contributed by atoms with Crippen molar-refractivity contribution in [2.75, 3.05) is 26.2 Å². The van der Waals surface area contributed by atoms with Gasteiger partial charge in [-0.2, -0.15) is 0 Å². The quantitative estimate of drug-likeness (QED) is 0.829. The maximum atomic E-state index is 12.9. The van der Waals surface area contributed by atoms with E-state index in [1.54, 1.807) is 11.0 Å². The van der Waals surface area contributed by atoms with Gasteiger partial charge in [0.1, 0.15) is 0 Å². The normalized spacial score (nSPS) is 20.7.